The van der Waals surface area contributed by atoms with E-state index in [1.54, 1.807) is 6.07 Å². The zero-order valence-corrected chi connectivity index (χ0v) is 19.6. The first kappa shape index (κ1) is 23.3. The Morgan fingerprint density at radius 1 is 0.880 bits per heavy atom. The maximum atomic E-state index is 11.6. The molecule has 0 saturated carbocycles. The van der Waals surface area contributed by atoms with Crippen LogP contribution in [0, 0.1) is 0 Å². The van der Waals surface area contributed by atoms with Crippen LogP contribution >= 0.6 is 0 Å². The average molecular weight is 387 g/mol. The molecule has 0 unspecified atom stereocenters. The Balaban J connectivity index is 0.00000312. The summed E-state index contributed by atoms with van der Waals surface area (Å²) < 4.78 is 34.8. The molecule has 0 spiro atoms. The van der Waals surface area contributed by atoms with E-state index in [-0.39, 0.29) is 56.3 Å². The van der Waals surface area contributed by atoms with E-state index in [2.05, 4.69) is 26.0 Å². The van der Waals surface area contributed by atoms with Crippen LogP contribution in [0.15, 0.2) is 35.2 Å². The summed E-state index contributed by atoms with van der Waals surface area (Å²) in [5, 5.41) is 1.94. The summed E-state index contributed by atoms with van der Waals surface area (Å²) in [5.41, 5.74) is 1.96. The molecule has 0 radical (unpaired) electrons. The Morgan fingerprint density at radius 2 is 1.52 bits per heavy atom. The maximum Gasteiger partial charge on any atom is 1.00 e. The molecule has 0 fully saturated rings. The molecular weight excluding hydrogens is 359 g/mol. The van der Waals surface area contributed by atoms with Crippen LogP contribution in [-0.4, -0.2) is 13.0 Å². The number of benzene rings is 2. The second-order valence-electron chi connectivity index (χ2n) is 6.47. The largest absolute Gasteiger partial charge is 1.00 e. The standard InChI is InChI=1S/C20H28O3S.K/c1-3-5-7-9-16-11-13-18-17(15-16)12-14-20(24(21,22)23)19(18)10-8-6-4-2;/h11-15H,3-10H2,1-2H3,(H,21,22,23);/q;+1/p-1. The summed E-state index contributed by atoms with van der Waals surface area (Å²) in [7, 11) is -4.44. The van der Waals surface area contributed by atoms with E-state index in [1.807, 2.05) is 6.07 Å². The zero-order chi connectivity index (χ0) is 17.6. The van der Waals surface area contributed by atoms with Gasteiger partial charge in [0.1, 0.15) is 10.1 Å². The van der Waals surface area contributed by atoms with Crippen molar-refractivity contribution in [1.82, 2.24) is 0 Å². The maximum absolute atomic E-state index is 11.6. The number of aryl methyl sites for hydroxylation is 2. The first-order chi connectivity index (χ1) is 11.5. The molecule has 0 aliphatic carbocycles. The van der Waals surface area contributed by atoms with Crippen LogP contribution in [-0.2, 0) is 23.0 Å². The van der Waals surface area contributed by atoms with Crippen LogP contribution in [0.5, 0.6) is 0 Å². The summed E-state index contributed by atoms with van der Waals surface area (Å²) >= 11 is 0. The van der Waals surface area contributed by atoms with E-state index < -0.39 is 10.1 Å². The van der Waals surface area contributed by atoms with Gasteiger partial charge in [0.15, 0.2) is 0 Å². The fourth-order valence-corrected chi connectivity index (χ4v) is 3.95. The van der Waals surface area contributed by atoms with Crippen LogP contribution in [0.3, 0.4) is 0 Å². The quantitative estimate of drug-likeness (QED) is 0.377. The van der Waals surface area contributed by atoms with Crippen LogP contribution in [0.25, 0.3) is 10.8 Å². The van der Waals surface area contributed by atoms with E-state index >= 15 is 0 Å². The van der Waals surface area contributed by atoms with Crippen LogP contribution in [0.1, 0.15) is 63.5 Å². The van der Waals surface area contributed by atoms with E-state index in [4.69, 9.17) is 0 Å². The van der Waals surface area contributed by atoms with Gasteiger partial charge in [-0.25, -0.2) is 8.42 Å². The number of hydrogen-bond acceptors (Lipinski definition) is 3. The topological polar surface area (TPSA) is 57.2 Å². The van der Waals surface area contributed by atoms with E-state index in [1.165, 1.54) is 30.9 Å². The molecule has 3 nitrogen and oxygen atoms in total. The first-order valence-corrected chi connectivity index (χ1v) is 10.4. The molecule has 0 bridgehead atoms. The monoisotopic (exact) mass is 386 g/mol. The van der Waals surface area contributed by atoms with Gasteiger partial charge in [0.25, 0.3) is 0 Å². The van der Waals surface area contributed by atoms with Gasteiger partial charge < -0.3 is 4.55 Å². The van der Waals surface area contributed by atoms with Crippen molar-refractivity contribution in [3.8, 4) is 0 Å². The van der Waals surface area contributed by atoms with Crippen LogP contribution in [0.4, 0.5) is 0 Å². The molecule has 5 heteroatoms. The molecule has 2 aromatic rings. The molecule has 0 aromatic heterocycles. The molecule has 0 atom stereocenters. The number of hydrogen-bond donors (Lipinski definition) is 0. The molecule has 0 aliphatic rings. The van der Waals surface area contributed by atoms with Crippen molar-refractivity contribution in [2.45, 2.75) is 70.1 Å². The van der Waals surface area contributed by atoms with Gasteiger partial charge in [-0.05, 0) is 53.6 Å². The average Bonchev–Trinajstić information content (AvgIpc) is 2.54. The predicted molar refractivity (Wildman–Crippen MR) is 98.4 cm³/mol. The Labute approximate surface area is 194 Å². The van der Waals surface area contributed by atoms with Crippen molar-refractivity contribution in [1.29, 1.82) is 0 Å². The summed E-state index contributed by atoms with van der Waals surface area (Å²) in [6, 6.07) is 9.46. The van der Waals surface area contributed by atoms with Crippen molar-refractivity contribution < 1.29 is 64.4 Å². The number of rotatable bonds is 9. The predicted octanol–water partition coefficient (Wildman–Crippen LogP) is 2.21. The van der Waals surface area contributed by atoms with Crippen molar-refractivity contribution in [2.75, 3.05) is 0 Å². The van der Waals surface area contributed by atoms with E-state index in [0.717, 1.165) is 36.5 Å². The van der Waals surface area contributed by atoms with Gasteiger partial charge in [-0.2, -0.15) is 0 Å². The third-order valence-electron chi connectivity index (χ3n) is 4.52. The molecule has 0 aliphatic heterocycles. The summed E-state index contributed by atoms with van der Waals surface area (Å²) in [6.07, 6.45) is 8.24. The fraction of sp³-hybridized carbons (Fsp3) is 0.500. The fourth-order valence-electron chi connectivity index (χ4n) is 3.20. The van der Waals surface area contributed by atoms with Gasteiger partial charge in [-0.15, -0.1) is 0 Å². The summed E-state index contributed by atoms with van der Waals surface area (Å²) in [6.45, 7) is 4.30. The van der Waals surface area contributed by atoms with Crippen LogP contribution < -0.4 is 51.4 Å². The van der Waals surface area contributed by atoms with Gasteiger partial charge in [-0.3, -0.25) is 0 Å². The molecular formula is C20H27KO3S. The third-order valence-corrected chi connectivity index (χ3v) is 5.44. The van der Waals surface area contributed by atoms with Gasteiger partial charge >= 0.3 is 51.4 Å². The number of fused-ring (bicyclic) bond motifs is 1. The second-order valence-corrected chi connectivity index (χ2v) is 7.81. The number of unbranched alkanes of at least 4 members (excludes halogenated alkanes) is 4. The summed E-state index contributed by atoms with van der Waals surface area (Å²) in [5.74, 6) is 0. The minimum absolute atomic E-state index is 0. The van der Waals surface area contributed by atoms with E-state index in [9.17, 15) is 13.0 Å². The van der Waals surface area contributed by atoms with Crippen molar-refractivity contribution in [3.63, 3.8) is 0 Å². The molecule has 0 amide bonds. The smallest absolute Gasteiger partial charge is 0.744 e. The first-order valence-electron chi connectivity index (χ1n) is 8.97. The Hall–Kier alpha value is 0.246. The zero-order valence-electron chi connectivity index (χ0n) is 15.7. The summed E-state index contributed by atoms with van der Waals surface area (Å²) in [4.78, 5) is -0.0511. The Morgan fingerprint density at radius 3 is 2.12 bits per heavy atom. The van der Waals surface area contributed by atoms with Crippen LogP contribution in [0.2, 0.25) is 0 Å². The molecule has 0 N–H and O–H groups in total. The minimum Gasteiger partial charge on any atom is -0.744 e. The molecule has 2 aromatic carbocycles. The Bertz CT molecular complexity index is 785. The van der Waals surface area contributed by atoms with Gasteiger partial charge in [-0.1, -0.05) is 63.8 Å². The Kier molecular flexibility index (Phi) is 10.4. The van der Waals surface area contributed by atoms with Crippen molar-refractivity contribution in [2.24, 2.45) is 0 Å². The molecule has 0 saturated heterocycles. The van der Waals surface area contributed by atoms with Gasteiger partial charge in [0.2, 0.25) is 0 Å². The molecule has 0 heterocycles. The minimum atomic E-state index is -4.44. The van der Waals surface area contributed by atoms with Crippen molar-refractivity contribution in [3.05, 3.63) is 41.5 Å². The van der Waals surface area contributed by atoms with Gasteiger partial charge in [0.05, 0.1) is 4.90 Å². The van der Waals surface area contributed by atoms with Crippen molar-refractivity contribution >= 4 is 20.9 Å². The molecule has 25 heavy (non-hydrogen) atoms. The third kappa shape index (κ3) is 6.72. The normalized spacial score (nSPS) is 11.5. The van der Waals surface area contributed by atoms with E-state index in [0.29, 0.717) is 12.0 Å². The molecule has 2 rings (SSSR count). The molecule has 132 valence electrons. The SMILES string of the molecule is CCCCCc1ccc2c(CCCCC)c(S(=O)(=O)[O-])ccc2c1.[K+]. The second kappa shape index (κ2) is 11.2. The van der Waals surface area contributed by atoms with Gasteiger partial charge in [0, 0.05) is 0 Å².